The molecule has 0 fully saturated rings. The fourth-order valence-electron chi connectivity index (χ4n) is 2.99. The second-order valence-corrected chi connectivity index (χ2v) is 6.54. The minimum atomic E-state index is -0.658. The minimum Gasteiger partial charge on any atom is -0.507 e. The number of nitro groups is 1. The van der Waals surface area contributed by atoms with Crippen molar-refractivity contribution in [3.63, 3.8) is 0 Å². The molecule has 4 aromatic rings. The quantitative estimate of drug-likeness (QED) is 0.267. The van der Waals surface area contributed by atoms with Gasteiger partial charge in [-0.3, -0.25) is 15.1 Å². The average molecular weight is 388 g/mol. The Morgan fingerprint density at radius 3 is 2.76 bits per heavy atom. The van der Waals surface area contributed by atoms with Crippen molar-refractivity contribution in [3.8, 4) is 22.9 Å². The van der Waals surface area contributed by atoms with Crippen LogP contribution in [0.3, 0.4) is 0 Å². The summed E-state index contributed by atoms with van der Waals surface area (Å²) < 4.78 is 0. The molecule has 0 atom stereocenters. The highest BCUT2D eigenvalue weighted by molar-refractivity contribution is 5.88. The normalized spacial score (nSPS) is 11.3. The number of hydrogen-bond acceptors (Lipinski definition) is 6. The molecule has 0 unspecified atom stereocenters. The first-order valence-electron chi connectivity index (χ1n) is 8.72. The number of para-hydroxylation sites is 1. The summed E-state index contributed by atoms with van der Waals surface area (Å²) >= 11 is 0. The predicted octanol–water partition coefficient (Wildman–Crippen LogP) is 4.61. The van der Waals surface area contributed by atoms with Crippen LogP contribution in [0.15, 0.2) is 59.6 Å². The number of phenolic OH excluding ortho intramolecular Hbond substituents is 2. The SMILES string of the molecule is Cc1ccc2nc(-c3cc(N=Cc4cccc([N+](=O)[O-])c4O)ccc3O)[nH]c2c1. The lowest BCUT2D eigenvalue weighted by atomic mass is 10.1. The molecule has 4 rings (SSSR count). The van der Waals surface area contributed by atoms with Gasteiger partial charge in [0.05, 0.1) is 27.2 Å². The molecule has 29 heavy (non-hydrogen) atoms. The Bertz CT molecular complexity index is 1280. The van der Waals surface area contributed by atoms with Gasteiger partial charge >= 0.3 is 5.69 Å². The number of aryl methyl sites for hydroxylation is 1. The minimum absolute atomic E-state index is 0.0397. The molecule has 1 aromatic heterocycles. The molecule has 0 saturated heterocycles. The third-order valence-electron chi connectivity index (χ3n) is 4.47. The van der Waals surface area contributed by atoms with Crippen LogP contribution in [-0.2, 0) is 0 Å². The van der Waals surface area contributed by atoms with Crippen LogP contribution in [-0.4, -0.2) is 31.3 Å². The number of rotatable bonds is 4. The molecule has 0 aliphatic rings. The second-order valence-electron chi connectivity index (χ2n) is 6.54. The van der Waals surface area contributed by atoms with Gasteiger partial charge in [-0.05, 0) is 48.9 Å². The molecule has 0 amide bonds. The Balaban J connectivity index is 1.71. The molecular weight excluding hydrogens is 372 g/mol. The van der Waals surface area contributed by atoms with Gasteiger partial charge in [-0.1, -0.05) is 12.1 Å². The van der Waals surface area contributed by atoms with E-state index in [9.17, 15) is 20.3 Å². The van der Waals surface area contributed by atoms with E-state index in [0.717, 1.165) is 16.6 Å². The van der Waals surface area contributed by atoms with Crippen LogP contribution < -0.4 is 0 Å². The molecular formula is C21H16N4O4. The van der Waals surface area contributed by atoms with Crippen molar-refractivity contribution in [2.45, 2.75) is 6.92 Å². The van der Waals surface area contributed by atoms with E-state index in [1.807, 2.05) is 25.1 Å². The molecule has 8 heteroatoms. The maximum absolute atomic E-state index is 10.9. The number of benzene rings is 3. The highest BCUT2D eigenvalue weighted by Crippen LogP contribution is 2.33. The molecule has 0 spiro atoms. The first-order chi connectivity index (χ1) is 13.9. The zero-order valence-electron chi connectivity index (χ0n) is 15.3. The number of aromatic nitrogens is 2. The number of nitrogens with one attached hydrogen (secondary N) is 1. The highest BCUT2D eigenvalue weighted by Gasteiger charge is 2.15. The molecule has 0 aliphatic heterocycles. The number of H-pyrrole nitrogens is 1. The summed E-state index contributed by atoms with van der Waals surface area (Å²) in [7, 11) is 0. The lowest BCUT2D eigenvalue weighted by molar-refractivity contribution is -0.385. The second kappa shape index (κ2) is 7.08. The van der Waals surface area contributed by atoms with Crippen molar-refractivity contribution in [2.75, 3.05) is 0 Å². The summed E-state index contributed by atoms with van der Waals surface area (Å²) in [5, 5.41) is 31.2. The van der Waals surface area contributed by atoms with Crippen LogP contribution in [0.5, 0.6) is 11.5 Å². The number of phenols is 2. The maximum atomic E-state index is 10.9. The van der Waals surface area contributed by atoms with Crippen molar-refractivity contribution in [1.29, 1.82) is 0 Å². The smallest absolute Gasteiger partial charge is 0.311 e. The molecule has 0 bridgehead atoms. The topological polar surface area (TPSA) is 125 Å². The molecule has 0 saturated carbocycles. The van der Waals surface area contributed by atoms with Crippen LogP contribution in [0.4, 0.5) is 11.4 Å². The van der Waals surface area contributed by atoms with E-state index in [0.29, 0.717) is 17.1 Å². The molecule has 0 radical (unpaired) electrons. The molecule has 144 valence electrons. The molecule has 1 heterocycles. The lowest BCUT2D eigenvalue weighted by Crippen LogP contribution is -1.91. The van der Waals surface area contributed by atoms with Crippen molar-refractivity contribution in [1.82, 2.24) is 9.97 Å². The summed E-state index contributed by atoms with van der Waals surface area (Å²) in [4.78, 5) is 22.3. The highest BCUT2D eigenvalue weighted by atomic mass is 16.6. The van der Waals surface area contributed by atoms with Crippen molar-refractivity contribution >= 4 is 28.6 Å². The van der Waals surface area contributed by atoms with Crippen LogP contribution in [0, 0.1) is 17.0 Å². The summed E-state index contributed by atoms with van der Waals surface area (Å²) in [6, 6.07) is 14.8. The molecule has 0 aliphatic carbocycles. The van der Waals surface area contributed by atoms with Gasteiger partial charge in [-0.25, -0.2) is 4.98 Å². The van der Waals surface area contributed by atoms with E-state index in [-0.39, 0.29) is 11.3 Å². The summed E-state index contributed by atoms with van der Waals surface area (Å²) in [6.45, 7) is 1.98. The Labute approximate surface area is 165 Å². The number of fused-ring (bicyclic) bond motifs is 1. The fourth-order valence-corrected chi connectivity index (χ4v) is 2.99. The number of aliphatic imine (C=N–C) groups is 1. The lowest BCUT2D eigenvalue weighted by Gasteiger charge is -2.03. The van der Waals surface area contributed by atoms with Crippen molar-refractivity contribution in [3.05, 3.63) is 75.8 Å². The number of aromatic hydroxyl groups is 2. The first kappa shape index (κ1) is 18.2. The largest absolute Gasteiger partial charge is 0.507 e. The van der Waals surface area contributed by atoms with E-state index in [1.54, 1.807) is 12.1 Å². The van der Waals surface area contributed by atoms with Gasteiger partial charge in [0.25, 0.3) is 0 Å². The monoisotopic (exact) mass is 388 g/mol. The third-order valence-corrected chi connectivity index (χ3v) is 4.47. The van der Waals surface area contributed by atoms with Crippen molar-refractivity contribution < 1.29 is 15.1 Å². The van der Waals surface area contributed by atoms with E-state index < -0.39 is 16.4 Å². The zero-order valence-corrected chi connectivity index (χ0v) is 15.3. The van der Waals surface area contributed by atoms with Gasteiger partial charge in [0, 0.05) is 17.8 Å². The van der Waals surface area contributed by atoms with Crippen molar-refractivity contribution in [2.24, 2.45) is 4.99 Å². The Morgan fingerprint density at radius 1 is 1.14 bits per heavy atom. The zero-order chi connectivity index (χ0) is 20.5. The van der Waals surface area contributed by atoms with Crippen LogP contribution >= 0.6 is 0 Å². The predicted molar refractivity (Wildman–Crippen MR) is 110 cm³/mol. The van der Waals surface area contributed by atoms with E-state index in [4.69, 9.17) is 0 Å². The Hall–Kier alpha value is -4.20. The van der Waals surface area contributed by atoms with Gasteiger partial charge in [-0.2, -0.15) is 0 Å². The number of imidazole rings is 1. The van der Waals surface area contributed by atoms with Gasteiger partial charge in [0.2, 0.25) is 5.75 Å². The van der Waals surface area contributed by atoms with Crippen LogP contribution in [0.25, 0.3) is 22.4 Å². The number of nitro benzene ring substituents is 1. The van der Waals surface area contributed by atoms with Gasteiger partial charge in [0.15, 0.2) is 0 Å². The van der Waals surface area contributed by atoms with E-state index >= 15 is 0 Å². The number of hydrogen-bond donors (Lipinski definition) is 3. The van der Waals surface area contributed by atoms with Gasteiger partial charge in [0.1, 0.15) is 11.6 Å². The van der Waals surface area contributed by atoms with E-state index in [2.05, 4.69) is 15.0 Å². The maximum Gasteiger partial charge on any atom is 0.311 e. The summed E-state index contributed by atoms with van der Waals surface area (Å²) in [6.07, 6.45) is 1.33. The van der Waals surface area contributed by atoms with E-state index in [1.165, 1.54) is 30.5 Å². The standard InChI is InChI=1S/C21H16N4O4/c1-12-5-7-16-17(9-12)24-21(23-16)15-10-14(6-8-19(15)26)22-11-13-3-2-4-18(20(13)27)25(28)29/h2-11,26-27H,1H3,(H,23,24). The first-order valence-corrected chi connectivity index (χ1v) is 8.72. The molecule has 8 nitrogen and oxygen atoms in total. The summed E-state index contributed by atoms with van der Waals surface area (Å²) in [5.74, 6) is 0.0872. The Kier molecular flexibility index (Phi) is 4.44. The Morgan fingerprint density at radius 2 is 1.97 bits per heavy atom. The molecule has 3 N–H and O–H groups in total. The third kappa shape index (κ3) is 3.51. The average Bonchev–Trinajstić information content (AvgIpc) is 3.10. The van der Waals surface area contributed by atoms with Gasteiger partial charge < -0.3 is 15.2 Å². The summed E-state index contributed by atoms with van der Waals surface area (Å²) in [5.41, 5.74) is 3.50. The number of nitrogens with zero attached hydrogens (tertiary/aromatic N) is 3. The molecule has 3 aromatic carbocycles. The van der Waals surface area contributed by atoms with Crippen LogP contribution in [0.2, 0.25) is 0 Å². The fraction of sp³-hybridized carbons (Fsp3) is 0.0476. The van der Waals surface area contributed by atoms with Crippen LogP contribution in [0.1, 0.15) is 11.1 Å². The number of aromatic amines is 1. The van der Waals surface area contributed by atoms with Gasteiger partial charge in [-0.15, -0.1) is 0 Å².